The lowest BCUT2D eigenvalue weighted by Gasteiger charge is -2.39. The molecule has 2 aliphatic rings. The molecular formula is C25H46O5Si. The van der Waals surface area contributed by atoms with Crippen molar-refractivity contribution in [2.24, 2.45) is 0 Å². The largest absolute Gasteiger partial charge is 0.459 e. The summed E-state index contributed by atoms with van der Waals surface area (Å²) in [5.41, 5.74) is 0. The first-order valence-electron chi connectivity index (χ1n) is 12.3. The monoisotopic (exact) mass is 454 g/mol. The highest BCUT2D eigenvalue weighted by molar-refractivity contribution is 6.74. The fourth-order valence-electron chi connectivity index (χ4n) is 3.96. The van der Waals surface area contributed by atoms with E-state index in [1.807, 2.05) is 13.8 Å². The van der Waals surface area contributed by atoms with Crippen molar-refractivity contribution in [2.45, 2.75) is 141 Å². The van der Waals surface area contributed by atoms with Gasteiger partial charge in [-0.15, -0.1) is 0 Å². The zero-order valence-electron chi connectivity index (χ0n) is 21.2. The third-order valence-electron chi connectivity index (χ3n) is 6.81. The molecule has 0 radical (unpaired) electrons. The molecule has 4 atom stereocenters. The second-order valence-electron chi connectivity index (χ2n) is 11.1. The lowest BCUT2D eigenvalue weighted by atomic mass is 9.99. The van der Waals surface area contributed by atoms with Crippen molar-refractivity contribution >= 4 is 14.3 Å². The van der Waals surface area contributed by atoms with E-state index in [0.717, 1.165) is 19.3 Å². The zero-order valence-corrected chi connectivity index (χ0v) is 22.2. The minimum atomic E-state index is -1.96. The molecule has 31 heavy (non-hydrogen) atoms. The number of rotatable bonds is 8. The van der Waals surface area contributed by atoms with Crippen molar-refractivity contribution in [2.75, 3.05) is 0 Å². The molecule has 0 aromatic rings. The Morgan fingerprint density at radius 1 is 1.10 bits per heavy atom. The van der Waals surface area contributed by atoms with Crippen molar-refractivity contribution in [3.05, 3.63) is 12.2 Å². The van der Waals surface area contributed by atoms with Gasteiger partial charge in [-0.25, -0.2) is 0 Å². The van der Waals surface area contributed by atoms with Gasteiger partial charge in [0.2, 0.25) is 0 Å². The van der Waals surface area contributed by atoms with Crippen LogP contribution in [0.2, 0.25) is 18.1 Å². The highest BCUT2D eigenvalue weighted by atomic mass is 28.4. The Balaban J connectivity index is 2.16. The Morgan fingerprint density at radius 2 is 1.77 bits per heavy atom. The fourth-order valence-corrected chi connectivity index (χ4v) is 5.27. The number of fused-ring (bicyclic) bond motifs is 1. The lowest BCUT2D eigenvalue weighted by Crippen LogP contribution is -2.44. The van der Waals surface area contributed by atoms with Crippen LogP contribution in [0.4, 0.5) is 0 Å². The van der Waals surface area contributed by atoms with Gasteiger partial charge in [0, 0.05) is 6.42 Å². The average molecular weight is 455 g/mol. The summed E-state index contributed by atoms with van der Waals surface area (Å²) in [6.07, 6.45) is 10.9. The van der Waals surface area contributed by atoms with E-state index in [-0.39, 0.29) is 35.4 Å². The zero-order chi connectivity index (χ0) is 23.3. The molecule has 2 aliphatic heterocycles. The summed E-state index contributed by atoms with van der Waals surface area (Å²) in [4.78, 5) is 12.7. The van der Waals surface area contributed by atoms with Crippen LogP contribution in [0.15, 0.2) is 12.2 Å². The summed E-state index contributed by atoms with van der Waals surface area (Å²) < 4.78 is 25.0. The normalized spacial score (nSPS) is 30.5. The van der Waals surface area contributed by atoms with Gasteiger partial charge in [-0.05, 0) is 51.2 Å². The number of cyclic esters (lactones) is 1. The molecule has 1 saturated heterocycles. The Kier molecular flexibility index (Phi) is 9.38. The van der Waals surface area contributed by atoms with E-state index in [0.29, 0.717) is 12.8 Å². The Bertz CT molecular complexity index is 608. The van der Waals surface area contributed by atoms with Gasteiger partial charge in [-0.1, -0.05) is 65.5 Å². The molecule has 0 saturated carbocycles. The van der Waals surface area contributed by atoms with E-state index in [2.05, 4.69) is 52.9 Å². The van der Waals surface area contributed by atoms with Gasteiger partial charge in [0.15, 0.2) is 14.1 Å². The molecule has 0 N–H and O–H groups in total. The van der Waals surface area contributed by atoms with Gasteiger partial charge in [-0.2, -0.15) is 0 Å². The average Bonchev–Trinajstić information content (AvgIpc) is 2.96. The maximum absolute atomic E-state index is 12.7. The molecule has 2 rings (SSSR count). The van der Waals surface area contributed by atoms with Gasteiger partial charge < -0.3 is 18.6 Å². The smallest absolute Gasteiger partial charge is 0.306 e. The summed E-state index contributed by atoms with van der Waals surface area (Å²) in [6.45, 7) is 17.3. The molecule has 0 spiro atoms. The minimum Gasteiger partial charge on any atom is -0.459 e. The summed E-state index contributed by atoms with van der Waals surface area (Å²) in [7, 11) is -1.96. The third kappa shape index (κ3) is 7.99. The molecule has 5 nitrogen and oxygen atoms in total. The summed E-state index contributed by atoms with van der Waals surface area (Å²) in [6, 6.07) is 0. The number of carbonyl (C=O) groups excluding carboxylic acids is 1. The molecule has 0 unspecified atom stereocenters. The first-order valence-corrected chi connectivity index (χ1v) is 15.2. The van der Waals surface area contributed by atoms with Crippen LogP contribution in [0.3, 0.4) is 0 Å². The van der Waals surface area contributed by atoms with Crippen LogP contribution in [-0.2, 0) is 23.4 Å². The van der Waals surface area contributed by atoms with Crippen LogP contribution in [0.5, 0.6) is 0 Å². The topological polar surface area (TPSA) is 54.0 Å². The first kappa shape index (κ1) is 26.6. The van der Waals surface area contributed by atoms with E-state index >= 15 is 0 Å². The summed E-state index contributed by atoms with van der Waals surface area (Å²) in [5.74, 6) is -0.860. The number of hydrogen-bond donors (Lipinski definition) is 0. The van der Waals surface area contributed by atoms with Crippen molar-refractivity contribution in [3.63, 3.8) is 0 Å². The molecule has 0 bridgehead atoms. The maximum atomic E-state index is 12.7. The molecule has 2 heterocycles. The number of hydrogen-bond acceptors (Lipinski definition) is 5. The van der Waals surface area contributed by atoms with Gasteiger partial charge in [0.25, 0.3) is 0 Å². The maximum Gasteiger partial charge on any atom is 0.306 e. The quantitative estimate of drug-likeness (QED) is 0.181. The second kappa shape index (κ2) is 11.0. The Labute approximate surface area is 191 Å². The van der Waals surface area contributed by atoms with E-state index in [9.17, 15) is 4.79 Å². The molecule has 0 amide bonds. The summed E-state index contributed by atoms with van der Waals surface area (Å²) >= 11 is 0. The van der Waals surface area contributed by atoms with Gasteiger partial charge in [0.1, 0.15) is 18.3 Å². The van der Waals surface area contributed by atoms with Crippen molar-refractivity contribution in [1.82, 2.24) is 0 Å². The van der Waals surface area contributed by atoms with Crippen LogP contribution >= 0.6 is 0 Å². The van der Waals surface area contributed by atoms with Crippen LogP contribution < -0.4 is 0 Å². The number of ether oxygens (including phenoxy) is 3. The van der Waals surface area contributed by atoms with Gasteiger partial charge in [0.05, 0.1) is 6.10 Å². The highest BCUT2D eigenvalue weighted by Gasteiger charge is 2.46. The number of esters is 1. The van der Waals surface area contributed by atoms with E-state index in [4.69, 9.17) is 18.6 Å². The first-order chi connectivity index (χ1) is 14.3. The van der Waals surface area contributed by atoms with Crippen molar-refractivity contribution < 1.29 is 23.4 Å². The Morgan fingerprint density at radius 3 is 2.42 bits per heavy atom. The lowest BCUT2D eigenvalue weighted by molar-refractivity contribution is -0.171. The van der Waals surface area contributed by atoms with E-state index in [1.165, 1.54) is 19.3 Å². The Hall–Kier alpha value is -0.693. The van der Waals surface area contributed by atoms with Crippen molar-refractivity contribution in [3.8, 4) is 0 Å². The molecular weight excluding hydrogens is 408 g/mol. The fraction of sp³-hybridized carbons (Fsp3) is 0.880. The molecule has 6 heteroatoms. The second-order valence-corrected chi connectivity index (χ2v) is 15.9. The highest BCUT2D eigenvalue weighted by Crippen LogP contribution is 2.39. The van der Waals surface area contributed by atoms with E-state index < -0.39 is 14.1 Å². The SMILES string of the molecule is CCCCCCC[C@H]1OC(=O)CC[C@H](O[Si](C)(C)C(C)(C)C)/C=C/[C@@H]2OC(C)(C)O[C@@H]21. The van der Waals surface area contributed by atoms with Crippen LogP contribution in [0.1, 0.15) is 92.9 Å². The van der Waals surface area contributed by atoms with Crippen LogP contribution in [0.25, 0.3) is 0 Å². The van der Waals surface area contributed by atoms with E-state index in [1.54, 1.807) is 0 Å². The predicted molar refractivity (Wildman–Crippen MR) is 128 cm³/mol. The molecule has 0 aliphatic carbocycles. The molecule has 0 aromatic heterocycles. The third-order valence-corrected chi connectivity index (χ3v) is 11.3. The molecule has 180 valence electrons. The molecule has 0 aromatic carbocycles. The minimum absolute atomic E-state index is 0.108. The number of carbonyl (C=O) groups is 1. The van der Waals surface area contributed by atoms with Gasteiger partial charge in [-0.3, -0.25) is 4.79 Å². The predicted octanol–water partition coefficient (Wildman–Crippen LogP) is 6.52. The van der Waals surface area contributed by atoms with Gasteiger partial charge >= 0.3 is 5.97 Å². The molecule has 1 fully saturated rings. The standard InChI is InChI=1S/C25H46O5Si/c1-9-10-11-12-13-14-20-23-21(28-25(5,6)29-23)17-15-19(16-18-22(26)27-20)30-31(7,8)24(2,3)4/h15,17,19-21,23H,9-14,16,18H2,1-8H3/b17-15+/t19-,20-,21+,23-/m1/s1. The van der Waals surface area contributed by atoms with Crippen molar-refractivity contribution in [1.29, 1.82) is 0 Å². The summed E-state index contributed by atoms with van der Waals surface area (Å²) in [5, 5.41) is 0.108. The van der Waals surface area contributed by atoms with Crippen LogP contribution in [-0.4, -0.2) is 44.5 Å². The van der Waals surface area contributed by atoms with Crippen LogP contribution in [0, 0.1) is 0 Å². The number of unbranched alkanes of at least 4 members (excludes halogenated alkanes) is 4.